The van der Waals surface area contributed by atoms with Crippen LogP contribution in [0.2, 0.25) is 5.02 Å². The molecular formula is C14H18ClN5O. The molecule has 112 valence electrons. The number of nitrogens with one attached hydrogen (secondary N) is 1. The minimum absolute atomic E-state index is 0.127. The number of rotatable bonds is 7. The van der Waals surface area contributed by atoms with E-state index in [0.29, 0.717) is 23.7 Å². The third-order valence-electron chi connectivity index (χ3n) is 2.98. The number of aryl methyl sites for hydroxylation is 2. The SMILES string of the molecule is CCCc1ncncc1C(=O)NCCCn1cc(Cl)cn1. The highest BCUT2D eigenvalue weighted by atomic mass is 35.5. The van der Waals surface area contributed by atoms with E-state index in [0.717, 1.165) is 25.0 Å². The summed E-state index contributed by atoms with van der Waals surface area (Å²) in [6.07, 6.45) is 8.89. The van der Waals surface area contributed by atoms with Gasteiger partial charge in [-0.25, -0.2) is 9.97 Å². The van der Waals surface area contributed by atoms with Crippen molar-refractivity contribution in [1.82, 2.24) is 25.1 Å². The zero-order valence-corrected chi connectivity index (χ0v) is 12.7. The summed E-state index contributed by atoms with van der Waals surface area (Å²) in [5.41, 5.74) is 1.35. The van der Waals surface area contributed by atoms with Gasteiger partial charge in [0.1, 0.15) is 6.33 Å². The zero-order valence-electron chi connectivity index (χ0n) is 11.9. The van der Waals surface area contributed by atoms with Crippen molar-refractivity contribution in [2.24, 2.45) is 0 Å². The van der Waals surface area contributed by atoms with Crippen LogP contribution >= 0.6 is 11.6 Å². The Balaban J connectivity index is 1.82. The minimum Gasteiger partial charge on any atom is -0.352 e. The Kier molecular flexibility index (Phi) is 5.68. The highest BCUT2D eigenvalue weighted by molar-refractivity contribution is 6.30. The molecule has 0 spiro atoms. The van der Waals surface area contributed by atoms with E-state index in [2.05, 4.69) is 27.3 Å². The molecule has 0 atom stereocenters. The van der Waals surface area contributed by atoms with Crippen molar-refractivity contribution in [2.75, 3.05) is 6.54 Å². The highest BCUT2D eigenvalue weighted by Gasteiger charge is 2.11. The summed E-state index contributed by atoms with van der Waals surface area (Å²) in [4.78, 5) is 20.2. The standard InChI is InChI=1S/C14H18ClN5O/c1-2-4-13-12(8-16-10-18-13)14(21)17-5-3-6-20-9-11(15)7-19-20/h7-10H,2-6H2,1H3,(H,17,21). The summed E-state index contributed by atoms with van der Waals surface area (Å²) >= 11 is 5.78. The Morgan fingerprint density at radius 1 is 1.43 bits per heavy atom. The summed E-state index contributed by atoms with van der Waals surface area (Å²) in [7, 11) is 0. The fourth-order valence-electron chi connectivity index (χ4n) is 1.98. The molecule has 21 heavy (non-hydrogen) atoms. The molecule has 2 heterocycles. The third-order valence-corrected chi connectivity index (χ3v) is 3.17. The van der Waals surface area contributed by atoms with Gasteiger partial charge in [-0.1, -0.05) is 24.9 Å². The number of carbonyl (C=O) groups excluding carboxylic acids is 1. The van der Waals surface area contributed by atoms with E-state index >= 15 is 0 Å². The van der Waals surface area contributed by atoms with Crippen molar-refractivity contribution >= 4 is 17.5 Å². The van der Waals surface area contributed by atoms with Crippen molar-refractivity contribution in [2.45, 2.75) is 32.7 Å². The van der Waals surface area contributed by atoms with Crippen molar-refractivity contribution in [3.63, 3.8) is 0 Å². The molecule has 0 aliphatic rings. The van der Waals surface area contributed by atoms with Crippen LogP contribution in [-0.4, -0.2) is 32.2 Å². The first kappa shape index (κ1) is 15.4. The average Bonchev–Trinajstić information content (AvgIpc) is 2.90. The number of amides is 1. The first-order valence-electron chi connectivity index (χ1n) is 6.95. The first-order valence-corrected chi connectivity index (χ1v) is 7.33. The lowest BCUT2D eigenvalue weighted by Gasteiger charge is -2.08. The van der Waals surface area contributed by atoms with E-state index in [9.17, 15) is 4.79 Å². The second kappa shape index (κ2) is 7.73. The lowest BCUT2D eigenvalue weighted by molar-refractivity contribution is 0.0950. The second-order valence-corrected chi connectivity index (χ2v) is 5.10. The zero-order chi connectivity index (χ0) is 15.1. The van der Waals surface area contributed by atoms with Crippen molar-refractivity contribution in [3.05, 3.63) is 41.2 Å². The molecule has 2 aromatic heterocycles. The van der Waals surface area contributed by atoms with Crippen LogP contribution in [0.4, 0.5) is 0 Å². The van der Waals surface area contributed by atoms with Gasteiger partial charge >= 0.3 is 0 Å². The van der Waals surface area contributed by atoms with Crippen LogP contribution in [0.15, 0.2) is 24.9 Å². The molecule has 0 saturated carbocycles. The molecule has 6 nitrogen and oxygen atoms in total. The molecule has 0 aromatic carbocycles. The van der Waals surface area contributed by atoms with Crippen LogP contribution in [-0.2, 0) is 13.0 Å². The van der Waals surface area contributed by atoms with Gasteiger partial charge in [-0.15, -0.1) is 0 Å². The van der Waals surface area contributed by atoms with Crippen molar-refractivity contribution < 1.29 is 4.79 Å². The molecular weight excluding hydrogens is 290 g/mol. The van der Waals surface area contributed by atoms with E-state index in [4.69, 9.17) is 11.6 Å². The van der Waals surface area contributed by atoms with Gasteiger partial charge < -0.3 is 5.32 Å². The molecule has 0 radical (unpaired) electrons. The largest absolute Gasteiger partial charge is 0.352 e. The maximum absolute atomic E-state index is 12.1. The third kappa shape index (κ3) is 4.53. The molecule has 0 aliphatic carbocycles. The van der Waals surface area contributed by atoms with Gasteiger partial charge in [0.05, 0.1) is 22.5 Å². The van der Waals surface area contributed by atoms with Crippen molar-refractivity contribution in [1.29, 1.82) is 0 Å². The van der Waals surface area contributed by atoms with E-state index in [1.165, 1.54) is 6.33 Å². The van der Waals surface area contributed by atoms with Crippen LogP contribution in [0, 0.1) is 0 Å². The van der Waals surface area contributed by atoms with Crippen LogP contribution in [0.1, 0.15) is 35.8 Å². The number of carbonyl (C=O) groups is 1. The molecule has 7 heteroatoms. The summed E-state index contributed by atoms with van der Waals surface area (Å²) < 4.78 is 1.75. The Bertz CT molecular complexity index is 599. The number of hydrogen-bond acceptors (Lipinski definition) is 4. The summed E-state index contributed by atoms with van der Waals surface area (Å²) in [5.74, 6) is -0.127. The van der Waals surface area contributed by atoms with E-state index in [1.807, 2.05) is 0 Å². The van der Waals surface area contributed by atoms with Gasteiger partial charge in [0.25, 0.3) is 5.91 Å². The van der Waals surface area contributed by atoms with Gasteiger partial charge in [-0.3, -0.25) is 9.48 Å². The lowest BCUT2D eigenvalue weighted by Crippen LogP contribution is -2.26. The molecule has 0 fully saturated rings. The van der Waals surface area contributed by atoms with Crippen LogP contribution < -0.4 is 5.32 Å². The molecule has 0 unspecified atom stereocenters. The summed E-state index contributed by atoms with van der Waals surface area (Å²) in [6.45, 7) is 3.33. The number of halogens is 1. The average molecular weight is 308 g/mol. The van der Waals surface area contributed by atoms with E-state index in [1.54, 1.807) is 23.3 Å². The fourth-order valence-corrected chi connectivity index (χ4v) is 2.14. The van der Waals surface area contributed by atoms with Crippen LogP contribution in [0.5, 0.6) is 0 Å². The first-order chi connectivity index (χ1) is 10.2. The summed E-state index contributed by atoms with van der Waals surface area (Å²) in [5, 5.41) is 7.58. The normalized spacial score (nSPS) is 10.6. The van der Waals surface area contributed by atoms with Gasteiger partial charge in [0, 0.05) is 25.5 Å². The predicted molar refractivity (Wildman–Crippen MR) is 80.2 cm³/mol. The Morgan fingerprint density at radius 3 is 3.00 bits per heavy atom. The minimum atomic E-state index is -0.127. The lowest BCUT2D eigenvalue weighted by atomic mass is 10.1. The smallest absolute Gasteiger partial charge is 0.254 e. The monoisotopic (exact) mass is 307 g/mol. The Labute approximate surface area is 128 Å². The Hall–Kier alpha value is -1.95. The topological polar surface area (TPSA) is 72.7 Å². The number of hydrogen-bond donors (Lipinski definition) is 1. The van der Waals surface area contributed by atoms with Crippen LogP contribution in [0.3, 0.4) is 0 Å². The fraction of sp³-hybridized carbons (Fsp3) is 0.429. The maximum Gasteiger partial charge on any atom is 0.254 e. The van der Waals surface area contributed by atoms with Crippen molar-refractivity contribution in [3.8, 4) is 0 Å². The van der Waals surface area contributed by atoms with Gasteiger partial charge in [-0.2, -0.15) is 5.10 Å². The van der Waals surface area contributed by atoms with E-state index in [-0.39, 0.29) is 5.91 Å². The van der Waals surface area contributed by atoms with Gasteiger partial charge in [0.15, 0.2) is 0 Å². The Morgan fingerprint density at radius 2 is 2.29 bits per heavy atom. The summed E-state index contributed by atoms with van der Waals surface area (Å²) in [6, 6.07) is 0. The molecule has 0 bridgehead atoms. The quantitative estimate of drug-likeness (QED) is 0.795. The number of nitrogens with zero attached hydrogens (tertiary/aromatic N) is 4. The number of aromatic nitrogens is 4. The highest BCUT2D eigenvalue weighted by Crippen LogP contribution is 2.07. The maximum atomic E-state index is 12.1. The molecule has 1 N–H and O–H groups in total. The molecule has 2 rings (SSSR count). The molecule has 0 saturated heterocycles. The van der Waals surface area contributed by atoms with Gasteiger partial charge in [-0.05, 0) is 12.8 Å². The van der Waals surface area contributed by atoms with Crippen LogP contribution in [0.25, 0.3) is 0 Å². The predicted octanol–water partition coefficient (Wildman–Crippen LogP) is 2.10. The van der Waals surface area contributed by atoms with Gasteiger partial charge in [0.2, 0.25) is 0 Å². The second-order valence-electron chi connectivity index (χ2n) is 4.66. The van der Waals surface area contributed by atoms with E-state index < -0.39 is 0 Å². The molecule has 1 amide bonds. The molecule has 0 aliphatic heterocycles. The molecule has 2 aromatic rings.